The Balaban J connectivity index is 1.60. The molecule has 2 heterocycles. The molecule has 2 nitrogen and oxygen atoms in total. The van der Waals surface area contributed by atoms with Gasteiger partial charge in [-0.15, -0.1) is 11.3 Å². The molecule has 0 amide bonds. The van der Waals surface area contributed by atoms with Crippen LogP contribution in [0.4, 0.5) is 0 Å². The van der Waals surface area contributed by atoms with Crippen LogP contribution in [0, 0.1) is 0 Å². The van der Waals surface area contributed by atoms with Gasteiger partial charge in [0.05, 0.1) is 17.3 Å². The van der Waals surface area contributed by atoms with E-state index < -0.39 is 0 Å². The van der Waals surface area contributed by atoms with E-state index in [0.717, 1.165) is 32.5 Å². The van der Waals surface area contributed by atoms with Crippen molar-refractivity contribution >= 4 is 11.3 Å². The number of ether oxygens (including phenoxy) is 1. The smallest absolute Gasteiger partial charge is 0.0931 e. The first-order valence-corrected chi connectivity index (χ1v) is 7.36. The van der Waals surface area contributed by atoms with Crippen molar-refractivity contribution < 1.29 is 4.74 Å². The second-order valence-corrected chi connectivity index (χ2v) is 5.65. The SMILES string of the molecule is c1ccc(CCc2nc([C@@H]3CCOC3)cs2)cc1. The molecule has 1 aliphatic rings. The van der Waals surface area contributed by atoms with Gasteiger partial charge in [0.25, 0.3) is 0 Å². The Labute approximate surface area is 112 Å². The van der Waals surface area contributed by atoms with E-state index in [1.165, 1.54) is 16.3 Å². The maximum atomic E-state index is 5.41. The van der Waals surface area contributed by atoms with Crippen molar-refractivity contribution in [1.82, 2.24) is 4.98 Å². The predicted octanol–water partition coefficient (Wildman–Crippen LogP) is 3.43. The first-order valence-electron chi connectivity index (χ1n) is 6.48. The minimum absolute atomic E-state index is 0.534. The van der Waals surface area contributed by atoms with Crippen molar-refractivity contribution in [2.75, 3.05) is 13.2 Å². The number of nitrogens with zero attached hydrogens (tertiary/aromatic N) is 1. The summed E-state index contributed by atoms with van der Waals surface area (Å²) in [6.07, 6.45) is 3.25. The number of rotatable bonds is 4. The molecule has 18 heavy (non-hydrogen) atoms. The number of aryl methyl sites for hydroxylation is 2. The maximum Gasteiger partial charge on any atom is 0.0931 e. The standard InChI is InChI=1S/C15H17NOS/c1-2-4-12(5-3-1)6-7-15-16-14(11-18-15)13-8-9-17-10-13/h1-5,11,13H,6-10H2/t13-/m1/s1. The van der Waals surface area contributed by atoms with Crippen LogP contribution in [0.1, 0.15) is 28.6 Å². The van der Waals surface area contributed by atoms with Crippen LogP contribution in [0.3, 0.4) is 0 Å². The molecule has 0 saturated carbocycles. The van der Waals surface area contributed by atoms with Crippen LogP contribution in [-0.2, 0) is 17.6 Å². The summed E-state index contributed by atoms with van der Waals surface area (Å²) in [5.41, 5.74) is 2.62. The van der Waals surface area contributed by atoms with Crippen molar-refractivity contribution in [3.05, 3.63) is 52.0 Å². The van der Waals surface area contributed by atoms with Crippen molar-refractivity contribution in [2.24, 2.45) is 0 Å². The second kappa shape index (κ2) is 5.63. The van der Waals surface area contributed by atoms with Gasteiger partial charge in [-0.05, 0) is 18.4 Å². The van der Waals surface area contributed by atoms with Crippen LogP contribution in [0.25, 0.3) is 0 Å². The topological polar surface area (TPSA) is 22.1 Å². The molecule has 94 valence electrons. The molecular formula is C15H17NOS. The summed E-state index contributed by atoms with van der Waals surface area (Å²) in [6.45, 7) is 1.74. The van der Waals surface area contributed by atoms with Gasteiger partial charge in [0.15, 0.2) is 0 Å². The summed E-state index contributed by atoms with van der Waals surface area (Å²) < 4.78 is 5.41. The molecule has 1 saturated heterocycles. The molecule has 0 bridgehead atoms. The Morgan fingerprint density at radius 3 is 2.89 bits per heavy atom. The van der Waals surface area contributed by atoms with E-state index in [-0.39, 0.29) is 0 Å². The predicted molar refractivity (Wildman–Crippen MR) is 74.1 cm³/mol. The van der Waals surface area contributed by atoms with E-state index >= 15 is 0 Å². The van der Waals surface area contributed by atoms with Gasteiger partial charge in [0, 0.05) is 24.3 Å². The summed E-state index contributed by atoms with van der Waals surface area (Å²) >= 11 is 1.79. The third kappa shape index (κ3) is 2.79. The van der Waals surface area contributed by atoms with Gasteiger partial charge in [-0.2, -0.15) is 0 Å². The zero-order valence-corrected chi connectivity index (χ0v) is 11.2. The molecule has 1 aromatic carbocycles. The molecular weight excluding hydrogens is 242 g/mol. The van der Waals surface area contributed by atoms with Gasteiger partial charge >= 0.3 is 0 Å². The van der Waals surface area contributed by atoms with Gasteiger partial charge in [-0.1, -0.05) is 30.3 Å². The molecule has 1 fully saturated rings. The third-order valence-corrected chi connectivity index (χ3v) is 4.31. The lowest BCUT2D eigenvalue weighted by atomic mass is 10.1. The first-order chi connectivity index (χ1) is 8.92. The minimum atomic E-state index is 0.534. The fourth-order valence-electron chi connectivity index (χ4n) is 2.29. The number of thiazole rings is 1. The summed E-state index contributed by atoms with van der Waals surface area (Å²) in [4.78, 5) is 4.75. The Morgan fingerprint density at radius 2 is 2.11 bits per heavy atom. The number of hydrogen-bond donors (Lipinski definition) is 0. The highest BCUT2D eigenvalue weighted by atomic mass is 32.1. The van der Waals surface area contributed by atoms with Crippen LogP contribution >= 0.6 is 11.3 Å². The van der Waals surface area contributed by atoms with Crippen LogP contribution in [-0.4, -0.2) is 18.2 Å². The lowest BCUT2D eigenvalue weighted by Gasteiger charge is -2.01. The van der Waals surface area contributed by atoms with Crippen molar-refractivity contribution in [1.29, 1.82) is 0 Å². The van der Waals surface area contributed by atoms with Crippen molar-refractivity contribution in [3.8, 4) is 0 Å². The fourth-order valence-corrected chi connectivity index (χ4v) is 3.17. The Kier molecular flexibility index (Phi) is 3.72. The first kappa shape index (κ1) is 11.9. The van der Waals surface area contributed by atoms with Crippen LogP contribution in [0.5, 0.6) is 0 Å². The highest BCUT2D eigenvalue weighted by molar-refractivity contribution is 7.09. The summed E-state index contributed by atoms with van der Waals surface area (Å²) in [5, 5.41) is 3.46. The maximum absolute atomic E-state index is 5.41. The molecule has 2 aromatic rings. The zero-order chi connectivity index (χ0) is 12.2. The van der Waals surface area contributed by atoms with Gasteiger partial charge in [-0.25, -0.2) is 4.98 Å². The van der Waals surface area contributed by atoms with Crippen LogP contribution in [0.2, 0.25) is 0 Å². The summed E-state index contributed by atoms with van der Waals surface area (Å²) in [6, 6.07) is 10.6. The molecule has 0 radical (unpaired) electrons. The molecule has 0 spiro atoms. The number of hydrogen-bond acceptors (Lipinski definition) is 3. The molecule has 1 atom stereocenters. The lowest BCUT2D eigenvalue weighted by Crippen LogP contribution is -1.98. The van der Waals surface area contributed by atoms with Crippen LogP contribution < -0.4 is 0 Å². The molecule has 3 heteroatoms. The summed E-state index contributed by atoms with van der Waals surface area (Å²) in [5.74, 6) is 0.534. The van der Waals surface area contributed by atoms with Gasteiger partial charge in [0.2, 0.25) is 0 Å². The highest BCUT2D eigenvalue weighted by Crippen LogP contribution is 2.26. The van der Waals surface area contributed by atoms with E-state index in [0.29, 0.717) is 5.92 Å². The Morgan fingerprint density at radius 1 is 1.22 bits per heavy atom. The normalized spacial score (nSPS) is 19.2. The Hall–Kier alpha value is -1.19. The van der Waals surface area contributed by atoms with Gasteiger partial charge in [-0.3, -0.25) is 0 Å². The van der Waals surface area contributed by atoms with Gasteiger partial charge in [0.1, 0.15) is 0 Å². The number of benzene rings is 1. The van der Waals surface area contributed by atoms with Crippen molar-refractivity contribution in [3.63, 3.8) is 0 Å². The second-order valence-electron chi connectivity index (χ2n) is 4.71. The van der Waals surface area contributed by atoms with E-state index in [9.17, 15) is 0 Å². The van der Waals surface area contributed by atoms with E-state index in [1.54, 1.807) is 11.3 Å². The Bertz CT molecular complexity index is 488. The lowest BCUT2D eigenvalue weighted by molar-refractivity contribution is 0.193. The largest absolute Gasteiger partial charge is 0.381 e. The van der Waals surface area contributed by atoms with E-state index in [4.69, 9.17) is 9.72 Å². The molecule has 0 unspecified atom stereocenters. The molecule has 0 aliphatic carbocycles. The third-order valence-electron chi connectivity index (χ3n) is 3.39. The van der Waals surface area contributed by atoms with Crippen molar-refractivity contribution in [2.45, 2.75) is 25.2 Å². The highest BCUT2D eigenvalue weighted by Gasteiger charge is 2.20. The fraction of sp³-hybridized carbons (Fsp3) is 0.400. The quantitative estimate of drug-likeness (QED) is 0.839. The molecule has 3 rings (SSSR count). The average Bonchev–Trinajstić information content (AvgIpc) is 3.08. The molecule has 0 N–H and O–H groups in total. The monoisotopic (exact) mass is 259 g/mol. The van der Waals surface area contributed by atoms with E-state index in [2.05, 4.69) is 35.7 Å². The van der Waals surface area contributed by atoms with Gasteiger partial charge < -0.3 is 4.74 Å². The zero-order valence-electron chi connectivity index (χ0n) is 10.3. The van der Waals surface area contributed by atoms with E-state index in [1.807, 2.05) is 0 Å². The molecule has 1 aromatic heterocycles. The van der Waals surface area contributed by atoms with Crippen LogP contribution in [0.15, 0.2) is 35.7 Å². The average molecular weight is 259 g/mol. The minimum Gasteiger partial charge on any atom is -0.381 e. The summed E-state index contributed by atoms with van der Waals surface area (Å²) in [7, 11) is 0. The number of aromatic nitrogens is 1. The molecule has 1 aliphatic heterocycles.